The van der Waals surface area contributed by atoms with Crippen LogP contribution in [0.15, 0.2) is 47.4 Å². The second-order valence-electron chi connectivity index (χ2n) is 7.20. The number of ether oxygens (including phenoxy) is 2. The molecule has 2 aromatic rings. The molecule has 3 rings (SSSR count). The molecule has 0 saturated carbocycles. The molecule has 0 aromatic heterocycles. The van der Waals surface area contributed by atoms with Crippen molar-refractivity contribution in [1.82, 2.24) is 4.31 Å². The van der Waals surface area contributed by atoms with Gasteiger partial charge >= 0.3 is 0 Å². The summed E-state index contributed by atoms with van der Waals surface area (Å²) >= 11 is 0. The number of morpholine rings is 1. The van der Waals surface area contributed by atoms with Gasteiger partial charge in [-0.2, -0.15) is 4.31 Å². The van der Waals surface area contributed by atoms with Crippen molar-refractivity contribution in [2.45, 2.75) is 37.7 Å². The van der Waals surface area contributed by atoms with Gasteiger partial charge in [0.2, 0.25) is 10.0 Å². The second-order valence-corrected chi connectivity index (χ2v) is 9.10. The van der Waals surface area contributed by atoms with Gasteiger partial charge in [0.25, 0.3) is 0 Å². The standard InChI is InChI=1S/C21H27NO4S/c1-15(2)17-6-8-18(9-7-17)20-14-22(11-12-26-20)27(23,24)21-13-16(3)5-10-19(21)25-4/h5-10,13,15,20H,11-12,14H2,1-4H3. The molecule has 1 fully saturated rings. The maximum Gasteiger partial charge on any atom is 0.246 e. The summed E-state index contributed by atoms with van der Waals surface area (Å²) in [7, 11) is -2.17. The second kappa shape index (κ2) is 8.00. The van der Waals surface area contributed by atoms with Crippen LogP contribution in [0.4, 0.5) is 0 Å². The van der Waals surface area contributed by atoms with E-state index in [2.05, 4.69) is 26.0 Å². The number of sulfonamides is 1. The lowest BCUT2D eigenvalue weighted by Gasteiger charge is -2.32. The van der Waals surface area contributed by atoms with E-state index in [-0.39, 0.29) is 11.0 Å². The number of benzene rings is 2. The van der Waals surface area contributed by atoms with E-state index in [1.54, 1.807) is 12.1 Å². The minimum atomic E-state index is -3.66. The predicted octanol–water partition coefficient (Wildman–Crippen LogP) is 3.89. The number of methoxy groups -OCH3 is 1. The molecule has 0 aliphatic carbocycles. The van der Waals surface area contributed by atoms with Gasteiger partial charge in [-0.15, -0.1) is 0 Å². The van der Waals surface area contributed by atoms with Crippen LogP contribution in [0.5, 0.6) is 5.75 Å². The van der Waals surface area contributed by atoms with Crippen LogP contribution in [-0.4, -0.2) is 39.5 Å². The smallest absolute Gasteiger partial charge is 0.246 e. The van der Waals surface area contributed by atoms with Gasteiger partial charge in [0.15, 0.2) is 0 Å². The molecule has 0 bridgehead atoms. The summed E-state index contributed by atoms with van der Waals surface area (Å²) in [6.07, 6.45) is -0.273. The zero-order chi connectivity index (χ0) is 19.6. The Hall–Kier alpha value is -1.89. The van der Waals surface area contributed by atoms with Gasteiger partial charge in [-0.25, -0.2) is 8.42 Å². The Labute approximate surface area is 162 Å². The summed E-state index contributed by atoms with van der Waals surface area (Å²) in [6.45, 7) is 7.16. The molecule has 1 atom stereocenters. The molecular weight excluding hydrogens is 362 g/mol. The van der Waals surface area contributed by atoms with Gasteiger partial charge in [0.1, 0.15) is 10.6 Å². The number of hydrogen-bond acceptors (Lipinski definition) is 4. The van der Waals surface area contributed by atoms with Crippen LogP contribution in [0, 0.1) is 6.92 Å². The fraction of sp³-hybridized carbons (Fsp3) is 0.429. The molecule has 2 aromatic carbocycles. The first-order valence-corrected chi connectivity index (χ1v) is 10.6. The Balaban J connectivity index is 1.86. The van der Waals surface area contributed by atoms with Gasteiger partial charge in [-0.3, -0.25) is 0 Å². The van der Waals surface area contributed by atoms with E-state index in [0.29, 0.717) is 31.4 Å². The number of nitrogens with zero attached hydrogens (tertiary/aromatic N) is 1. The van der Waals surface area contributed by atoms with E-state index in [1.165, 1.54) is 17.0 Å². The van der Waals surface area contributed by atoms with Crippen LogP contribution in [0.1, 0.15) is 42.6 Å². The molecule has 1 aliphatic rings. The van der Waals surface area contributed by atoms with E-state index in [4.69, 9.17) is 9.47 Å². The molecule has 6 heteroatoms. The molecule has 1 unspecified atom stereocenters. The third kappa shape index (κ3) is 4.18. The highest BCUT2D eigenvalue weighted by Gasteiger charge is 2.33. The third-order valence-electron chi connectivity index (χ3n) is 4.94. The Bertz CT molecular complexity index is 891. The van der Waals surface area contributed by atoms with Crippen molar-refractivity contribution in [3.05, 3.63) is 59.2 Å². The molecular formula is C21H27NO4S. The summed E-state index contributed by atoms with van der Waals surface area (Å²) in [5.74, 6) is 0.821. The Morgan fingerprint density at radius 3 is 2.48 bits per heavy atom. The third-order valence-corrected chi connectivity index (χ3v) is 6.83. The fourth-order valence-corrected chi connectivity index (χ4v) is 4.93. The molecule has 5 nitrogen and oxygen atoms in total. The first kappa shape index (κ1) is 19.9. The minimum Gasteiger partial charge on any atom is -0.495 e. The van der Waals surface area contributed by atoms with E-state index in [0.717, 1.165) is 11.1 Å². The van der Waals surface area contributed by atoms with Crippen LogP contribution in [0.25, 0.3) is 0 Å². The van der Waals surface area contributed by atoms with Crippen molar-refractivity contribution in [3.8, 4) is 5.75 Å². The average Bonchev–Trinajstić information content (AvgIpc) is 2.68. The summed E-state index contributed by atoms with van der Waals surface area (Å²) in [6, 6.07) is 13.4. The van der Waals surface area contributed by atoms with E-state index in [1.807, 2.05) is 25.1 Å². The topological polar surface area (TPSA) is 55.8 Å². The highest BCUT2D eigenvalue weighted by molar-refractivity contribution is 7.89. The maximum absolute atomic E-state index is 13.2. The van der Waals surface area contributed by atoms with Gasteiger partial charge in [-0.05, 0) is 41.7 Å². The summed E-state index contributed by atoms with van der Waals surface area (Å²) in [5, 5.41) is 0. The van der Waals surface area contributed by atoms with Crippen molar-refractivity contribution in [2.24, 2.45) is 0 Å². The quantitative estimate of drug-likeness (QED) is 0.778. The van der Waals surface area contributed by atoms with Crippen molar-refractivity contribution in [1.29, 1.82) is 0 Å². The van der Waals surface area contributed by atoms with Gasteiger partial charge < -0.3 is 9.47 Å². The normalized spacial score (nSPS) is 18.6. The van der Waals surface area contributed by atoms with Crippen molar-refractivity contribution >= 4 is 10.0 Å². The highest BCUT2D eigenvalue weighted by Crippen LogP contribution is 2.31. The summed E-state index contributed by atoms with van der Waals surface area (Å²) in [5.41, 5.74) is 3.13. The lowest BCUT2D eigenvalue weighted by molar-refractivity contribution is -0.00260. The SMILES string of the molecule is COc1ccc(C)cc1S(=O)(=O)N1CCOC(c2ccc(C(C)C)cc2)C1. The first-order valence-electron chi connectivity index (χ1n) is 9.19. The number of aryl methyl sites for hydroxylation is 1. The fourth-order valence-electron chi connectivity index (χ4n) is 3.27. The molecule has 0 N–H and O–H groups in total. The largest absolute Gasteiger partial charge is 0.495 e. The van der Waals surface area contributed by atoms with Crippen LogP contribution >= 0.6 is 0 Å². The molecule has 1 saturated heterocycles. The van der Waals surface area contributed by atoms with Gasteiger partial charge in [0, 0.05) is 13.1 Å². The number of hydrogen-bond donors (Lipinski definition) is 0. The van der Waals surface area contributed by atoms with Crippen LogP contribution in [-0.2, 0) is 14.8 Å². The van der Waals surface area contributed by atoms with Gasteiger partial charge in [0.05, 0.1) is 19.8 Å². The lowest BCUT2D eigenvalue weighted by Crippen LogP contribution is -2.42. The average molecular weight is 390 g/mol. The van der Waals surface area contributed by atoms with Crippen molar-refractivity contribution in [3.63, 3.8) is 0 Å². The van der Waals surface area contributed by atoms with Crippen molar-refractivity contribution in [2.75, 3.05) is 26.8 Å². The molecule has 1 heterocycles. The molecule has 0 radical (unpaired) electrons. The highest BCUT2D eigenvalue weighted by atomic mass is 32.2. The van der Waals surface area contributed by atoms with Crippen LogP contribution < -0.4 is 4.74 Å². The maximum atomic E-state index is 13.2. The monoisotopic (exact) mass is 389 g/mol. The predicted molar refractivity (Wildman–Crippen MR) is 106 cm³/mol. The van der Waals surface area contributed by atoms with E-state index >= 15 is 0 Å². The zero-order valence-electron chi connectivity index (χ0n) is 16.3. The summed E-state index contributed by atoms with van der Waals surface area (Å²) < 4.78 is 39.1. The Morgan fingerprint density at radius 1 is 1.15 bits per heavy atom. The zero-order valence-corrected chi connectivity index (χ0v) is 17.1. The minimum absolute atomic E-state index is 0.209. The van der Waals surface area contributed by atoms with E-state index in [9.17, 15) is 8.42 Å². The van der Waals surface area contributed by atoms with Crippen LogP contribution in [0.3, 0.4) is 0 Å². The van der Waals surface area contributed by atoms with E-state index < -0.39 is 10.0 Å². The Kier molecular flexibility index (Phi) is 5.89. The van der Waals surface area contributed by atoms with Crippen LogP contribution in [0.2, 0.25) is 0 Å². The number of rotatable bonds is 5. The molecule has 146 valence electrons. The lowest BCUT2D eigenvalue weighted by atomic mass is 10.00. The van der Waals surface area contributed by atoms with Gasteiger partial charge in [-0.1, -0.05) is 44.2 Å². The molecule has 0 spiro atoms. The molecule has 1 aliphatic heterocycles. The molecule has 27 heavy (non-hydrogen) atoms. The Morgan fingerprint density at radius 2 is 1.85 bits per heavy atom. The first-order chi connectivity index (χ1) is 12.8. The molecule has 0 amide bonds. The summed E-state index contributed by atoms with van der Waals surface area (Å²) in [4.78, 5) is 0.209. The van der Waals surface area contributed by atoms with Crippen molar-refractivity contribution < 1.29 is 17.9 Å².